The zero-order valence-electron chi connectivity index (χ0n) is 12.0. The lowest BCUT2D eigenvalue weighted by molar-refractivity contribution is 0.414. The van der Waals surface area contributed by atoms with Crippen molar-refractivity contribution in [2.24, 2.45) is 0 Å². The van der Waals surface area contributed by atoms with Gasteiger partial charge in [-0.2, -0.15) is 0 Å². The Kier molecular flexibility index (Phi) is 5.38. The van der Waals surface area contributed by atoms with Gasteiger partial charge in [0.05, 0.1) is 7.11 Å². The van der Waals surface area contributed by atoms with E-state index < -0.39 is 0 Å². The molecule has 0 aliphatic rings. The third-order valence-electron chi connectivity index (χ3n) is 2.96. The summed E-state index contributed by atoms with van der Waals surface area (Å²) in [7, 11) is 1.69. The molecule has 0 atom stereocenters. The minimum absolute atomic E-state index is 0.833. The smallest absolute Gasteiger partial charge is 0.126 e. The summed E-state index contributed by atoms with van der Waals surface area (Å²) < 4.78 is 5.20. The second kappa shape index (κ2) is 7.50. The van der Waals surface area contributed by atoms with Crippen LogP contribution in [0.1, 0.15) is 11.3 Å². The lowest BCUT2D eigenvalue weighted by atomic mass is 10.2. The van der Waals surface area contributed by atoms with Crippen molar-refractivity contribution >= 4 is 5.82 Å². The number of nitrogens with one attached hydrogen (secondary N) is 2. The number of benzene rings is 1. The van der Waals surface area contributed by atoms with Crippen molar-refractivity contribution in [2.45, 2.75) is 13.5 Å². The minimum Gasteiger partial charge on any atom is -0.497 e. The fraction of sp³-hybridized carbons (Fsp3) is 0.312. The van der Waals surface area contributed by atoms with Gasteiger partial charge in [0.2, 0.25) is 0 Å². The first-order chi connectivity index (χ1) is 9.78. The standard InChI is InChI=1S/C16H21N3O/c1-13-5-3-8-16(19-13)18-10-9-17-12-14-6-4-7-15(11-14)20-2/h3-8,11,17H,9-10,12H2,1-2H3,(H,18,19). The molecule has 0 saturated carbocycles. The van der Waals surface area contributed by atoms with Crippen LogP contribution in [-0.4, -0.2) is 25.2 Å². The largest absolute Gasteiger partial charge is 0.497 e. The first-order valence-corrected chi connectivity index (χ1v) is 6.79. The Balaban J connectivity index is 1.68. The predicted molar refractivity (Wildman–Crippen MR) is 82.2 cm³/mol. The van der Waals surface area contributed by atoms with Crippen LogP contribution in [0.15, 0.2) is 42.5 Å². The van der Waals surface area contributed by atoms with Gasteiger partial charge in [0.25, 0.3) is 0 Å². The zero-order chi connectivity index (χ0) is 14.2. The van der Waals surface area contributed by atoms with E-state index in [9.17, 15) is 0 Å². The molecule has 4 nitrogen and oxygen atoms in total. The van der Waals surface area contributed by atoms with E-state index in [1.807, 2.05) is 43.3 Å². The average Bonchev–Trinajstić information content (AvgIpc) is 2.47. The Labute approximate surface area is 120 Å². The molecule has 0 spiro atoms. The third kappa shape index (κ3) is 4.55. The molecule has 0 amide bonds. The average molecular weight is 271 g/mol. The van der Waals surface area contributed by atoms with Crippen LogP contribution in [0.3, 0.4) is 0 Å². The summed E-state index contributed by atoms with van der Waals surface area (Å²) >= 11 is 0. The molecule has 20 heavy (non-hydrogen) atoms. The maximum absolute atomic E-state index is 5.20. The highest BCUT2D eigenvalue weighted by Gasteiger charge is 1.96. The van der Waals surface area contributed by atoms with E-state index in [1.165, 1.54) is 5.56 Å². The van der Waals surface area contributed by atoms with Crippen molar-refractivity contribution in [2.75, 3.05) is 25.5 Å². The zero-order valence-corrected chi connectivity index (χ0v) is 12.0. The number of methoxy groups -OCH3 is 1. The topological polar surface area (TPSA) is 46.2 Å². The molecule has 0 bridgehead atoms. The monoisotopic (exact) mass is 271 g/mol. The second-order valence-corrected chi connectivity index (χ2v) is 4.62. The Bertz CT molecular complexity index is 543. The van der Waals surface area contributed by atoms with Gasteiger partial charge >= 0.3 is 0 Å². The predicted octanol–water partition coefficient (Wildman–Crippen LogP) is 2.60. The molecule has 106 valence electrons. The fourth-order valence-electron chi connectivity index (χ4n) is 1.94. The van der Waals surface area contributed by atoms with Crippen LogP contribution < -0.4 is 15.4 Å². The highest BCUT2D eigenvalue weighted by atomic mass is 16.5. The molecule has 2 N–H and O–H groups in total. The number of anilines is 1. The van der Waals surface area contributed by atoms with E-state index in [-0.39, 0.29) is 0 Å². The Morgan fingerprint density at radius 3 is 2.75 bits per heavy atom. The second-order valence-electron chi connectivity index (χ2n) is 4.62. The maximum Gasteiger partial charge on any atom is 0.126 e. The number of ether oxygens (including phenoxy) is 1. The number of hydrogen-bond acceptors (Lipinski definition) is 4. The van der Waals surface area contributed by atoms with E-state index >= 15 is 0 Å². The Morgan fingerprint density at radius 1 is 1.10 bits per heavy atom. The van der Waals surface area contributed by atoms with Gasteiger partial charge in [0, 0.05) is 25.3 Å². The van der Waals surface area contributed by atoms with Crippen molar-refractivity contribution in [3.8, 4) is 5.75 Å². The minimum atomic E-state index is 0.833. The lowest BCUT2D eigenvalue weighted by Crippen LogP contribution is -2.22. The first kappa shape index (κ1) is 14.3. The van der Waals surface area contributed by atoms with E-state index in [2.05, 4.69) is 21.7 Å². The quantitative estimate of drug-likeness (QED) is 0.760. The van der Waals surface area contributed by atoms with Crippen LogP contribution in [0.25, 0.3) is 0 Å². The van der Waals surface area contributed by atoms with E-state index in [0.29, 0.717) is 0 Å². The highest BCUT2D eigenvalue weighted by molar-refractivity contribution is 5.35. The molecule has 4 heteroatoms. The van der Waals surface area contributed by atoms with Crippen LogP contribution in [0.4, 0.5) is 5.82 Å². The molecule has 0 unspecified atom stereocenters. The highest BCUT2D eigenvalue weighted by Crippen LogP contribution is 2.11. The van der Waals surface area contributed by atoms with Gasteiger partial charge in [-0.25, -0.2) is 4.98 Å². The molecule has 1 aromatic carbocycles. The van der Waals surface area contributed by atoms with Crippen molar-refractivity contribution in [3.63, 3.8) is 0 Å². The van der Waals surface area contributed by atoms with Crippen LogP contribution >= 0.6 is 0 Å². The molecule has 0 radical (unpaired) electrons. The van der Waals surface area contributed by atoms with Gasteiger partial charge in [-0.05, 0) is 36.8 Å². The molecular weight excluding hydrogens is 250 g/mol. The SMILES string of the molecule is COc1cccc(CNCCNc2cccc(C)n2)c1. The van der Waals surface area contributed by atoms with Crippen LogP contribution in [0.5, 0.6) is 5.75 Å². The molecule has 0 fully saturated rings. The summed E-state index contributed by atoms with van der Waals surface area (Å²) in [5, 5.41) is 6.69. The number of hydrogen-bond donors (Lipinski definition) is 2. The summed E-state index contributed by atoms with van der Waals surface area (Å²) in [6.45, 7) is 4.56. The molecule has 0 aliphatic heterocycles. The molecule has 1 heterocycles. The number of aromatic nitrogens is 1. The maximum atomic E-state index is 5.20. The molecule has 2 rings (SSSR count). The number of aryl methyl sites for hydroxylation is 1. The van der Waals surface area contributed by atoms with Crippen LogP contribution in [0, 0.1) is 6.92 Å². The number of pyridine rings is 1. The summed E-state index contributed by atoms with van der Waals surface area (Å²) in [6.07, 6.45) is 0. The Hall–Kier alpha value is -2.07. The Morgan fingerprint density at radius 2 is 1.95 bits per heavy atom. The van der Waals surface area contributed by atoms with E-state index in [4.69, 9.17) is 4.74 Å². The van der Waals surface area contributed by atoms with Crippen LogP contribution in [0.2, 0.25) is 0 Å². The van der Waals surface area contributed by atoms with Gasteiger partial charge in [0.1, 0.15) is 11.6 Å². The molecule has 0 aliphatic carbocycles. The normalized spacial score (nSPS) is 10.3. The van der Waals surface area contributed by atoms with Gasteiger partial charge in [0.15, 0.2) is 0 Å². The molecular formula is C16H21N3O. The summed E-state index contributed by atoms with van der Waals surface area (Å²) in [5.41, 5.74) is 2.25. The van der Waals surface area contributed by atoms with E-state index in [1.54, 1.807) is 7.11 Å². The third-order valence-corrected chi connectivity index (χ3v) is 2.96. The van der Waals surface area contributed by atoms with Gasteiger partial charge in [-0.15, -0.1) is 0 Å². The van der Waals surface area contributed by atoms with Crippen LogP contribution in [-0.2, 0) is 6.54 Å². The number of rotatable bonds is 7. The van der Waals surface area contributed by atoms with Crippen molar-refractivity contribution in [3.05, 3.63) is 53.7 Å². The summed E-state index contributed by atoms with van der Waals surface area (Å²) in [5.74, 6) is 1.82. The summed E-state index contributed by atoms with van der Waals surface area (Å²) in [4.78, 5) is 4.40. The van der Waals surface area contributed by atoms with Crippen molar-refractivity contribution in [1.82, 2.24) is 10.3 Å². The number of nitrogens with zero attached hydrogens (tertiary/aromatic N) is 1. The molecule has 2 aromatic rings. The fourth-order valence-corrected chi connectivity index (χ4v) is 1.94. The molecule has 1 aromatic heterocycles. The van der Waals surface area contributed by atoms with Gasteiger partial charge in [-0.3, -0.25) is 0 Å². The summed E-state index contributed by atoms with van der Waals surface area (Å²) in [6, 6.07) is 14.1. The van der Waals surface area contributed by atoms with Gasteiger partial charge in [-0.1, -0.05) is 18.2 Å². The van der Waals surface area contributed by atoms with Crippen molar-refractivity contribution < 1.29 is 4.74 Å². The lowest BCUT2D eigenvalue weighted by Gasteiger charge is -2.08. The molecule has 0 saturated heterocycles. The van der Waals surface area contributed by atoms with E-state index in [0.717, 1.165) is 36.9 Å². The van der Waals surface area contributed by atoms with Crippen molar-refractivity contribution in [1.29, 1.82) is 0 Å². The first-order valence-electron chi connectivity index (χ1n) is 6.79. The van der Waals surface area contributed by atoms with Gasteiger partial charge < -0.3 is 15.4 Å².